The second-order valence-electron chi connectivity index (χ2n) is 6.00. The third kappa shape index (κ3) is 7.13. The maximum Gasteiger partial charge on any atom is 0.481 e. The van der Waals surface area contributed by atoms with Crippen molar-refractivity contribution in [2.45, 2.75) is 24.5 Å². The van der Waals surface area contributed by atoms with E-state index in [1.54, 1.807) is 0 Å². The molecule has 1 aromatic rings. The summed E-state index contributed by atoms with van der Waals surface area (Å²) in [5.41, 5.74) is 4.46. The monoisotopic (exact) mass is 490 g/mol. The van der Waals surface area contributed by atoms with Crippen LogP contribution in [0.1, 0.15) is 6.23 Å². The summed E-state index contributed by atoms with van der Waals surface area (Å²) in [7, 11) is -10.4. The molecule has 1 saturated heterocycles. The number of nitrogen functional groups attached to an aromatic ring is 1. The van der Waals surface area contributed by atoms with E-state index in [-0.39, 0.29) is 17.3 Å². The highest BCUT2D eigenvalue weighted by Crippen LogP contribution is 2.60. The molecule has 1 aliphatic rings. The molecule has 1 amide bonds. The fourth-order valence-corrected chi connectivity index (χ4v) is 4.43. The molecular weight excluding hydrogens is 470 g/mol. The Bertz CT molecular complexity index is 928. The van der Waals surface area contributed by atoms with Crippen molar-refractivity contribution in [3.05, 3.63) is 22.7 Å². The molecule has 176 valence electrons. The Morgan fingerprint density at radius 1 is 1.26 bits per heavy atom. The first-order chi connectivity index (χ1) is 14.3. The molecule has 31 heavy (non-hydrogen) atoms. The van der Waals surface area contributed by atoms with Gasteiger partial charge in [-0.3, -0.25) is 23.6 Å². The van der Waals surface area contributed by atoms with E-state index in [1.165, 1.54) is 6.07 Å². The molecule has 0 spiro atoms. The Labute approximate surface area is 173 Å². The number of hydroxylamine groups is 2. The molecule has 1 fully saturated rings. The van der Waals surface area contributed by atoms with E-state index >= 15 is 0 Å². The Kier molecular flexibility index (Phi) is 8.43. The molecule has 0 aromatic carbocycles. The number of amides is 1. The number of phosphoric acid groups is 2. The quantitative estimate of drug-likeness (QED) is 0.0814. The van der Waals surface area contributed by atoms with Crippen LogP contribution >= 0.6 is 15.6 Å². The van der Waals surface area contributed by atoms with Gasteiger partial charge >= 0.3 is 21.3 Å². The lowest BCUT2D eigenvalue weighted by molar-refractivity contribution is -0.151. The van der Waals surface area contributed by atoms with E-state index in [0.29, 0.717) is 0 Å². The number of hydrogen-bond donors (Lipinski definition) is 6. The summed E-state index contributed by atoms with van der Waals surface area (Å²) in [4.78, 5) is 44.4. The van der Waals surface area contributed by atoms with Gasteiger partial charge in [0.25, 0.3) is 0 Å². The summed E-state index contributed by atoms with van der Waals surface area (Å²) in [6.07, 6.45) is -5.12. The highest BCUT2D eigenvalue weighted by atomic mass is 31.3. The topological polar surface area (TPSA) is 253 Å². The highest BCUT2D eigenvalue weighted by Gasteiger charge is 2.46. The Morgan fingerprint density at radius 3 is 2.52 bits per heavy atom. The van der Waals surface area contributed by atoms with Crippen LogP contribution in [0.5, 0.6) is 0 Å². The van der Waals surface area contributed by atoms with E-state index in [0.717, 1.165) is 10.8 Å². The Balaban J connectivity index is 1.95. The van der Waals surface area contributed by atoms with Gasteiger partial charge < -0.3 is 30.5 Å². The third-order valence-electron chi connectivity index (χ3n) is 3.77. The number of rotatable bonds is 11. The average Bonchev–Trinajstić information content (AvgIpc) is 2.93. The van der Waals surface area contributed by atoms with Gasteiger partial charge in [0, 0.05) is 6.20 Å². The zero-order valence-electron chi connectivity index (χ0n) is 15.5. The van der Waals surface area contributed by atoms with E-state index in [1.807, 2.05) is 0 Å². The van der Waals surface area contributed by atoms with Crippen LogP contribution in [0, 0.1) is 0 Å². The maximum absolute atomic E-state index is 11.9. The van der Waals surface area contributed by atoms with Gasteiger partial charge in [0.1, 0.15) is 24.1 Å². The molecular formula is C12H20N4O13P2. The zero-order chi connectivity index (χ0) is 23.4. The van der Waals surface area contributed by atoms with Crippen molar-refractivity contribution in [1.29, 1.82) is 0 Å². The smallest absolute Gasteiger partial charge is 0.387 e. The van der Waals surface area contributed by atoms with Crippen molar-refractivity contribution in [3.8, 4) is 0 Å². The molecule has 6 atom stereocenters. The lowest BCUT2D eigenvalue weighted by Crippen LogP contribution is -2.36. The minimum Gasteiger partial charge on any atom is -0.387 e. The molecule has 7 N–H and O–H groups in total. The number of nitrogens with zero attached hydrogens (tertiary/aromatic N) is 3. The van der Waals surface area contributed by atoms with Gasteiger partial charge in [-0.1, -0.05) is 0 Å². The summed E-state index contributed by atoms with van der Waals surface area (Å²) < 4.78 is 42.4. The largest absolute Gasteiger partial charge is 0.481 e. The number of nitrogens with two attached hydrogens (primary N) is 1. The van der Waals surface area contributed by atoms with Crippen molar-refractivity contribution in [2.75, 3.05) is 25.5 Å². The predicted octanol–water partition coefficient (Wildman–Crippen LogP) is -2.46. The van der Waals surface area contributed by atoms with E-state index in [4.69, 9.17) is 15.7 Å². The van der Waals surface area contributed by atoms with Gasteiger partial charge in [-0.15, -0.1) is 0 Å². The number of aliphatic hydroxyl groups is 2. The standard InChI is InChI=1S/C12H20N4O13P2/c13-8-1-2-16(12(20)14-8)11-10(19)9(18)7(28-11)5-27-31(24,25)29-30(22,23)26-4-3-15(21)6-17/h1-2,6-7,9-11,18-19,21H,3-5H2,(H,22,23)(H,24,25)(H2,13,14,20). The van der Waals surface area contributed by atoms with Crippen molar-refractivity contribution < 1.29 is 57.2 Å². The normalized spacial score (nSPS) is 27.4. The Hall–Kier alpha value is -1.75. The molecule has 2 heterocycles. The molecule has 0 saturated carbocycles. The number of carbonyl (C=O) groups excluding carboxylic acids is 1. The number of aromatic nitrogens is 2. The summed E-state index contributed by atoms with van der Waals surface area (Å²) in [5, 5.41) is 29.0. The Morgan fingerprint density at radius 2 is 1.90 bits per heavy atom. The van der Waals surface area contributed by atoms with Crippen molar-refractivity contribution >= 4 is 27.9 Å². The number of aliphatic hydroxyl groups excluding tert-OH is 2. The van der Waals surface area contributed by atoms with Crippen LogP contribution in [0.4, 0.5) is 5.82 Å². The number of phosphoric ester groups is 2. The van der Waals surface area contributed by atoms with Crippen LogP contribution in [-0.2, 0) is 32.0 Å². The third-order valence-corrected chi connectivity index (χ3v) is 6.40. The molecule has 1 aromatic heterocycles. The van der Waals surface area contributed by atoms with Crippen LogP contribution < -0.4 is 11.4 Å². The lowest BCUT2D eigenvalue weighted by Gasteiger charge is -2.19. The lowest BCUT2D eigenvalue weighted by atomic mass is 10.1. The molecule has 17 nitrogen and oxygen atoms in total. The van der Waals surface area contributed by atoms with Crippen molar-refractivity contribution in [3.63, 3.8) is 0 Å². The van der Waals surface area contributed by atoms with Crippen molar-refractivity contribution in [1.82, 2.24) is 14.6 Å². The van der Waals surface area contributed by atoms with Gasteiger partial charge in [-0.05, 0) is 6.07 Å². The fraction of sp³-hybridized carbons (Fsp3) is 0.583. The van der Waals surface area contributed by atoms with Gasteiger partial charge in [0.05, 0.1) is 19.8 Å². The number of hydrogen-bond acceptors (Lipinski definition) is 13. The van der Waals surface area contributed by atoms with Crippen LogP contribution in [0.2, 0.25) is 0 Å². The molecule has 0 radical (unpaired) electrons. The first kappa shape index (κ1) is 25.5. The SMILES string of the molecule is Nc1ccn(C2OC(COP(=O)(O)OP(=O)(O)OCCN(O)C=O)C(O)C2O)c(=O)n1. The summed E-state index contributed by atoms with van der Waals surface area (Å²) in [5.74, 6) is -0.0963. The van der Waals surface area contributed by atoms with E-state index in [2.05, 4.69) is 18.3 Å². The van der Waals surface area contributed by atoms with Gasteiger partial charge in [0.2, 0.25) is 6.41 Å². The minimum absolute atomic E-state index is 0.0182. The van der Waals surface area contributed by atoms with Crippen LogP contribution in [0.3, 0.4) is 0 Å². The predicted molar refractivity (Wildman–Crippen MR) is 96.0 cm³/mol. The van der Waals surface area contributed by atoms with Crippen molar-refractivity contribution in [2.24, 2.45) is 0 Å². The van der Waals surface area contributed by atoms with Gasteiger partial charge in [-0.2, -0.15) is 9.29 Å². The molecule has 2 rings (SSSR count). The van der Waals surface area contributed by atoms with E-state index in [9.17, 15) is 38.7 Å². The first-order valence-corrected chi connectivity index (χ1v) is 11.3. The van der Waals surface area contributed by atoms with Gasteiger partial charge in [0.15, 0.2) is 6.23 Å². The first-order valence-electron chi connectivity index (χ1n) is 8.28. The van der Waals surface area contributed by atoms with Crippen LogP contribution in [0.25, 0.3) is 0 Å². The number of ether oxygens (including phenoxy) is 1. The second kappa shape index (κ2) is 10.2. The second-order valence-corrected chi connectivity index (χ2v) is 9.05. The molecule has 6 unspecified atom stereocenters. The number of carbonyl (C=O) groups is 1. The summed E-state index contributed by atoms with van der Waals surface area (Å²) in [6, 6.07) is 1.23. The average molecular weight is 490 g/mol. The van der Waals surface area contributed by atoms with Crippen LogP contribution in [-0.4, -0.2) is 84.3 Å². The molecule has 19 heteroatoms. The summed E-state index contributed by atoms with van der Waals surface area (Å²) in [6.45, 7) is -2.18. The summed E-state index contributed by atoms with van der Waals surface area (Å²) >= 11 is 0. The fourth-order valence-electron chi connectivity index (χ4n) is 2.36. The van der Waals surface area contributed by atoms with Crippen LogP contribution in [0.15, 0.2) is 17.1 Å². The maximum atomic E-state index is 11.9. The molecule has 0 aliphatic carbocycles. The minimum atomic E-state index is -5.25. The van der Waals surface area contributed by atoms with E-state index < -0.39 is 65.6 Å². The zero-order valence-corrected chi connectivity index (χ0v) is 17.3. The molecule has 1 aliphatic heterocycles. The number of anilines is 1. The van der Waals surface area contributed by atoms with Gasteiger partial charge in [-0.25, -0.2) is 19.0 Å². The molecule has 0 bridgehead atoms. The highest BCUT2D eigenvalue weighted by molar-refractivity contribution is 7.61.